The smallest absolute Gasteiger partial charge is 0.0653 e. The van der Waals surface area contributed by atoms with Crippen molar-refractivity contribution in [3.63, 3.8) is 0 Å². The molecular formula is C15H30NO2. The molecule has 107 valence electrons. The minimum atomic E-state index is -0.348. The predicted octanol–water partition coefficient (Wildman–Crippen LogP) is 3.80. The van der Waals surface area contributed by atoms with Crippen LogP contribution in [-0.2, 0) is 9.94 Å². The Labute approximate surface area is 112 Å². The molecule has 0 aromatic rings. The van der Waals surface area contributed by atoms with Gasteiger partial charge in [-0.05, 0) is 60.3 Å². The summed E-state index contributed by atoms with van der Waals surface area (Å²) < 4.78 is 6.29. The van der Waals surface area contributed by atoms with E-state index in [9.17, 15) is 5.21 Å². The van der Waals surface area contributed by atoms with Gasteiger partial charge in [-0.25, -0.2) is 0 Å². The van der Waals surface area contributed by atoms with Gasteiger partial charge in [0.25, 0.3) is 0 Å². The maximum atomic E-state index is 12.3. The average molecular weight is 256 g/mol. The van der Waals surface area contributed by atoms with Crippen molar-refractivity contribution in [2.24, 2.45) is 5.92 Å². The molecule has 1 saturated heterocycles. The first-order chi connectivity index (χ1) is 7.88. The summed E-state index contributed by atoms with van der Waals surface area (Å²) in [5.74, 6) is 0.467. The number of hydrogen-bond acceptors (Lipinski definition) is 2. The van der Waals surface area contributed by atoms with E-state index in [2.05, 4.69) is 27.7 Å². The van der Waals surface area contributed by atoms with Crippen LogP contribution < -0.4 is 0 Å². The molecule has 3 nitrogen and oxygen atoms in total. The highest BCUT2D eigenvalue weighted by molar-refractivity contribution is 4.97. The summed E-state index contributed by atoms with van der Waals surface area (Å²) in [7, 11) is 0. The van der Waals surface area contributed by atoms with Crippen LogP contribution in [0.25, 0.3) is 0 Å². The lowest BCUT2D eigenvalue weighted by Crippen LogP contribution is -2.60. The van der Waals surface area contributed by atoms with Crippen LogP contribution in [0.15, 0.2) is 0 Å². The molecule has 18 heavy (non-hydrogen) atoms. The number of piperidine rings is 1. The molecule has 0 amide bonds. The molecule has 0 spiro atoms. The van der Waals surface area contributed by atoms with Gasteiger partial charge in [0, 0.05) is 11.1 Å². The quantitative estimate of drug-likeness (QED) is 0.769. The standard InChI is InChI=1S/C15H30NO2/c1-11(2)15(7,8)18-12-9-13(3,4)16(17)14(5,6)10-12/h11-12H,9-10H2,1-8H3. The second kappa shape index (κ2) is 4.77. The van der Waals surface area contributed by atoms with E-state index in [0.29, 0.717) is 5.92 Å². The summed E-state index contributed by atoms with van der Waals surface area (Å²) in [5.41, 5.74) is -0.833. The molecule has 0 atom stereocenters. The van der Waals surface area contributed by atoms with Crippen LogP contribution in [0.2, 0.25) is 0 Å². The zero-order valence-corrected chi connectivity index (χ0v) is 13.3. The summed E-state index contributed by atoms with van der Waals surface area (Å²) in [4.78, 5) is 0. The highest BCUT2D eigenvalue weighted by Crippen LogP contribution is 2.40. The van der Waals surface area contributed by atoms with Crippen molar-refractivity contribution < 1.29 is 9.94 Å². The van der Waals surface area contributed by atoms with E-state index in [4.69, 9.17) is 4.74 Å². The Kier molecular flexibility index (Phi) is 4.22. The predicted molar refractivity (Wildman–Crippen MR) is 73.7 cm³/mol. The number of hydroxylamine groups is 2. The highest BCUT2D eigenvalue weighted by atomic mass is 16.5. The molecule has 0 aromatic heterocycles. The van der Waals surface area contributed by atoms with Crippen molar-refractivity contribution in [3.05, 3.63) is 0 Å². The van der Waals surface area contributed by atoms with E-state index in [1.165, 1.54) is 5.06 Å². The minimum absolute atomic E-state index is 0.137. The maximum absolute atomic E-state index is 12.3. The first-order valence-electron chi connectivity index (χ1n) is 7.04. The van der Waals surface area contributed by atoms with Crippen molar-refractivity contribution in [2.45, 2.75) is 91.0 Å². The van der Waals surface area contributed by atoms with Crippen LogP contribution in [0, 0.1) is 5.92 Å². The number of nitrogens with zero attached hydrogens (tertiary/aromatic N) is 1. The minimum Gasteiger partial charge on any atom is -0.372 e. The monoisotopic (exact) mass is 256 g/mol. The third-order valence-electron chi connectivity index (χ3n) is 4.41. The zero-order chi connectivity index (χ0) is 14.4. The third kappa shape index (κ3) is 3.25. The van der Waals surface area contributed by atoms with Gasteiger partial charge in [0.2, 0.25) is 0 Å². The van der Waals surface area contributed by atoms with Gasteiger partial charge in [-0.15, -0.1) is 10.3 Å². The fraction of sp³-hybridized carbons (Fsp3) is 1.00. The van der Waals surface area contributed by atoms with Crippen LogP contribution >= 0.6 is 0 Å². The third-order valence-corrected chi connectivity index (χ3v) is 4.41. The van der Waals surface area contributed by atoms with Gasteiger partial charge in [0.15, 0.2) is 0 Å². The molecule has 1 aliphatic rings. The first kappa shape index (κ1) is 15.9. The van der Waals surface area contributed by atoms with Crippen LogP contribution in [0.5, 0.6) is 0 Å². The van der Waals surface area contributed by atoms with E-state index in [1.807, 2.05) is 27.7 Å². The van der Waals surface area contributed by atoms with Gasteiger partial charge in [-0.2, -0.15) is 0 Å². The molecule has 0 aliphatic carbocycles. The van der Waals surface area contributed by atoms with Crippen LogP contribution in [0.3, 0.4) is 0 Å². The second-order valence-electron chi connectivity index (χ2n) is 7.83. The van der Waals surface area contributed by atoms with Crippen LogP contribution in [-0.4, -0.2) is 27.8 Å². The molecule has 1 fully saturated rings. The van der Waals surface area contributed by atoms with E-state index < -0.39 is 0 Å². The van der Waals surface area contributed by atoms with Crippen LogP contribution in [0.1, 0.15) is 68.2 Å². The van der Waals surface area contributed by atoms with E-state index in [1.54, 1.807) is 0 Å². The Morgan fingerprint density at radius 3 is 1.83 bits per heavy atom. The van der Waals surface area contributed by atoms with Gasteiger partial charge in [-0.3, -0.25) is 0 Å². The molecular weight excluding hydrogens is 226 g/mol. The lowest BCUT2D eigenvalue weighted by Gasteiger charge is -2.51. The van der Waals surface area contributed by atoms with Gasteiger partial charge < -0.3 is 4.74 Å². The Hall–Kier alpha value is -0.120. The molecule has 0 bridgehead atoms. The van der Waals surface area contributed by atoms with Crippen LogP contribution in [0.4, 0.5) is 0 Å². The number of ether oxygens (including phenoxy) is 1. The second-order valence-corrected chi connectivity index (χ2v) is 7.83. The van der Waals surface area contributed by atoms with Crippen molar-refractivity contribution in [1.82, 2.24) is 5.06 Å². The summed E-state index contributed by atoms with van der Waals surface area (Å²) in [5, 5.41) is 13.5. The van der Waals surface area contributed by atoms with Crippen molar-refractivity contribution in [3.8, 4) is 0 Å². The molecule has 1 radical (unpaired) electrons. The van der Waals surface area contributed by atoms with Gasteiger partial charge in [-0.1, -0.05) is 13.8 Å². The maximum Gasteiger partial charge on any atom is 0.0653 e. The lowest BCUT2D eigenvalue weighted by molar-refractivity contribution is -0.307. The summed E-state index contributed by atoms with van der Waals surface area (Å²) in [6.07, 6.45) is 1.77. The molecule has 0 saturated carbocycles. The van der Waals surface area contributed by atoms with Gasteiger partial charge in [0.05, 0.1) is 11.7 Å². The molecule has 1 heterocycles. The molecule has 0 aromatic carbocycles. The topological polar surface area (TPSA) is 32.4 Å². The van der Waals surface area contributed by atoms with Crippen molar-refractivity contribution in [1.29, 1.82) is 0 Å². The molecule has 0 N–H and O–H groups in total. The highest BCUT2D eigenvalue weighted by Gasteiger charge is 2.47. The fourth-order valence-electron chi connectivity index (χ4n) is 2.82. The summed E-state index contributed by atoms with van der Waals surface area (Å²) in [6, 6.07) is 0. The largest absolute Gasteiger partial charge is 0.372 e. The Morgan fingerprint density at radius 2 is 1.50 bits per heavy atom. The molecule has 1 aliphatic heterocycles. The first-order valence-corrected chi connectivity index (χ1v) is 7.04. The molecule has 0 unspecified atom stereocenters. The summed E-state index contributed by atoms with van der Waals surface area (Å²) in [6.45, 7) is 16.7. The van der Waals surface area contributed by atoms with Crippen molar-refractivity contribution in [2.75, 3.05) is 0 Å². The van der Waals surface area contributed by atoms with Crippen molar-refractivity contribution >= 4 is 0 Å². The van der Waals surface area contributed by atoms with Gasteiger partial charge in [0.1, 0.15) is 0 Å². The van der Waals surface area contributed by atoms with E-state index in [0.717, 1.165) is 12.8 Å². The Bertz CT molecular complexity index is 277. The molecule has 1 rings (SSSR count). The summed E-state index contributed by atoms with van der Waals surface area (Å²) >= 11 is 0. The average Bonchev–Trinajstić information content (AvgIpc) is 2.11. The van der Waals surface area contributed by atoms with Gasteiger partial charge >= 0.3 is 0 Å². The van der Waals surface area contributed by atoms with E-state index >= 15 is 0 Å². The number of rotatable bonds is 3. The zero-order valence-electron chi connectivity index (χ0n) is 13.3. The molecule has 3 heteroatoms. The SMILES string of the molecule is CC(C)C(C)(C)OC1CC(C)(C)N([O])C(C)(C)C1. The Morgan fingerprint density at radius 1 is 1.11 bits per heavy atom. The Balaban J connectivity index is 2.82. The lowest BCUT2D eigenvalue weighted by atomic mass is 9.79. The fourth-order valence-corrected chi connectivity index (χ4v) is 2.82. The van der Waals surface area contributed by atoms with E-state index in [-0.39, 0.29) is 22.8 Å². The normalized spacial score (nSPS) is 25.7. The number of hydrogen-bond donors (Lipinski definition) is 0.